The fourth-order valence-electron chi connectivity index (χ4n) is 5.72. The third-order valence-corrected chi connectivity index (χ3v) is 8.30. The predicted molar refractivity (Wildman–Crippen MR) is 163 cm³/mol. The Balaban J connectivity index is 1.58. The van der Waals surface area contributed by atoms with Crippen LogP contribution in [0.25, 0.3) is 0 Å². The molecule has 2 aromatic carbocycles. The molecule has 0 aromatic heterocycles. The zero-order valence-electron chi connectivity index (χ0n) is 25.7. The van der Waals surface area contributed by atoms with Gasteiger partial charge in [-0.25, -0.2) is 4.39 Å². The number of benzene rings is 2. The van der Waals surface area contributed by atoms with E-state index in [0.29, 0.717) is 38.2 Å². The Kier molecular flexibility index (Phi) is 11.3. The van der Waals surface area contributed by atoms with Crippen molar-refractivity contribution in [2.75, 3.05) is 40.0 Å². The van der Waals surface area contributed by atoms with Crippen LogP contribution < -0.4 is 20.7 Å². The van der Waals surface area contributed by atoms with Crippen molar-refractivity contribution in [3.05, 3.63) is 65.5 Å². The van der Waals surface area contributed by atoms with E-state index in [0.717, 1.165) is 5.56 Å². The fourth-order valence-corrected chi connectivity index (χ4v) is 5.72. The predicted octanol–water partition coefficient (Wildman–Crippen LogP) is 2.95. The second kappa shape index (κ2) is 15.1. The number of likely N-dealkylation sites (N-methyl/N-ethyl adjacent to an activating group) is 1. The molecule has 1 saturated heterocycles. The maximum absolute atomic E-state index is 14.2. The molecule has 0 bridgehead atoms. The first-order valence-corrected chi connectivity index (χ1v) is 15.3. The Morgan fingerprint density at radius 1 is 1.07 bits per heavy atom. The number of carbonyl (C=O) groups is 4. The molecule has 2 aromatic rings. The van der Waals surface area contributed by atoms with Gasteiger partial charge < -0.3 is 30.3 Å². The molecule has 10 nitrogen and oxygen atoms in total. The van der Waals surface area contributed by atoms with Gasteiger partial charge in [-0.05, 0) is 61.4 Å². The van der Waals surface area contributed by atoms with Crippen LogP contribution in [-0.2, 0) is 24.5 Å². The highest BCUT2D eigenvalue weighted by Crippen LogP contribution is 2.34. The Labute approximate surface area is 258 Å². The number of halogens is 1. The molecule has 3 N–H and O–H groups in total. The van der Waals surface area contributed by atoms with Crippen molar-refractivity contribution in [1.82, 2.24) is 20.9 Å². The van der Waals surface area contributed by atoms with Gasteiger partial charge in [0, 0.05) is 38.6 Å². The lowest BCUT2D eigenvalue weighted by Crippen LogP contribution is -2.52. The number of rotatable bonds is 6. The minimum Gasteiger partial charge on any atom is -0.491 e. The van der Waals surface area contributed by atoms with Crippen LogP contribution >= 0.6 is 0 Å². The molecule has 2 aliphatic rings. The lowest BCUT2D eigenvalue weighted by Gasteiger charge is -2.38. The van der Waals surface area contributed by atoms with Gasteiger partial charge in [-0.3, -0.25) is 19.2 Å². The Morgan fingerprint density at radius 3 is 2.55 bits per heavy atom. The number of fused-ring (bicyclic) bond motifs is 1. The van der Waals surface area contributed by atoms with E-state index < -0.39 is 35.2 Å². The van der Waals surface area contributed by atoms with Crippen LogP contribution in [0.2, 0.25) is 0 Å². The van der Waals surface area contributed by atoms with Gasteiger partial charge in [0.15, 0.2) is 0 Å². The molecule has 2 aliphatic heterocycles. The number of amides is 4. The van der Waals surface area contributed by atoms with Crippen LogP contribution in [0.3, 0.4) is 0 Å². The maximum atomic E-state index is 14.2. The summed E-state index contributed by atoms with van der Waals surface area (Å²) in [7, 11) is 1.65. The zero-order chi connectivity index (χ0) is 31.7. The highest BCUT2D eigenvalue weighted by atomic mass is 19.1. The summed E-state index contributed by atoms with van der Waals surface area (Å²) in [5, 5.41) is 8.61. The number of hydrogen-bond donors (Lipinski definition) is 3. The van der Waals surface area contributed by atoms with Gasteiger partial charge in [0.05, 0.1) is 12.1 Å². The summed E-state index contributed by atoms with van der Waals surface area (Å²) in [6.45, 7) is 5.46. The average Bonchev–Trinajstić information content (AvgIpc) is 3.01. The molecule has 4 amide bonds. The van der Waals surface area contributed by atoms with E-state index in [4.69, 9.17) is 9.47 Å². The maximum Gasteiger partial charge on any atom is 0.255 e. The quantitative estimate of drug-likeness (QED) is 0.462. The topological polar surface area (TPSA) is 126 Å². The second-order valence-electron chi connectivity index (χ2n) is 12.0. The lowest BCUT2D eigenvalue weighted by molar-refractivity contribution is -0.136. The van der Waals surface area contributed by atoms with Crippen LogP contribution in [-0.4, -0.2) is 80.6 Å². The third kappa shape index (κ3) is 8.56. The molecule has 0 spiro atoms. The summed E-state index contributed by atoms with van der Waals surface area (Å²) in [5.74, 6) is -1.51. The van der Waals surface area contributed by atoms with Crippen LogP contribution in [0, 0.1) is 11.7 Å². The highest BCUT2D eigenvalue weighted by Gasteiger charge is 2.36. The fraction of sp³-hybridized carbons (Fsp3) is 0.515. The molecule has 44 heavy (non-hydrogen) atoms. The molecule has 0 radical (unpaired) electrons. The number of nitrogens with zero attached hydrogens (tertiary/aromatic N) is 1. The summed E-state index contributed by atoms with van der Waals surface area (Å²) in [6, 6.07) is 11.3. The number of nitrogens with one attached hydrogen (secondary N) is 3. The van der Waals surface area contributed by atoms with Crippen molar-refractivity contribution < 1.29 is 33.0 Å². The number of hydrogen-bond acceptors (Lipinski definition) is 6. The van der Waals surface area contributed by atoms with Gasteiger partial charge >= 0.3 is 0 Å². The van der Waals surface area contributed by atoms with Crippen molar-refractivity contribution in [3.8, 4) is 5.75 Å². The van der Waals surface area contributed by atoms with Crippen molar-refractivity contribution in [3.63, 3.8) is 0 Å². The van der Waals surface area contributed by atoms with E-state index in [1.807, 2.05) is 19.9 Å². The van der Waals surface area contributed by atoms with Gasteiger partial charge in [0.25, 0.3) is 5.91 Å². The van der Waals surface area contributed by atoms with Crippen molar-refractivity contribution in [2.45, 2.75) is 63.5 Å². The highest BCUT2D eigenvalue weighted by molar-refractivity contribution is 5.99. The molecule has 2 heterocycles. The second-order valence-corrected chi connectivity index (χ2v) is 12.0. The molecule has 0 saturated carbocycles. The van der Waals surface area contributed by atoms with Crippen molar-refractivity contribution >= 4 is 23.6 Å². The molecule has 11 heteroatoms. The van der Waals surface area contributed by atoms with E-state index in [-0.39, 0.29) is 55.7 Å². The first-order chi connectivity index (χ1) is 21.1. The van der Waals surface area contributed by atoms with E-state index in [2.05, 4.69) is 16.0 Å². The van der Waals surface area contributed by atoms with E-state index in [9.17, 15) is 23.6 Å². The Hall–Kier alpha value is -3.99. The minimum atomic E-state index is -1.06. The number of ether oxygens (including phenoxy) is 2. The standard InChI is InChI=1S/C33H43FN4O6/c1-22(2)19-27-32(42)38(3)15-18-44-28-10-5-4-9-25(28)30(40)37-26(11-12-29(39)36-27)31(41)35-21-33(13-16-43-17-14-33)23-7-6-8-24(34)20-23/h4-10,20,22,26-27H,11-19,21H2,1-3H3,(H,35,41)(H,36,39)(H,37,40)/t26-,27-/m0/s1. The van der Waals surface area contributed by atoms with Gasteiger partial charge in [-0.1, -0.05) is 38.1 Å². The van der Waals surface area contributed by atoms with Crippen LogP contribution in [0.1, 0.15) is 61.9 Å². The van der Waals surface area contributed by atoms with Gasteiger partial charge in [-0.2, -0.15) is 0 Å². The van der Waals surface area contributed by atoms with Crippen LogP contribution in [0.15, 0.2) is 48.5 Å². The summed E-state index contributed by atoms with van der Waals surface area (Å²) in [6.07, 6.45) is 1.53. The van der Waals surface area contributed by atoms with E-state index in [1.54, 1.807) is 37.4 Å². The lowest BCUT2D eigenvalue weighted by atomic mass is 9.74. The van der Waals surface area contributed by atoms with Crippen LogP contribution in [0.5, 0.6) is 5.75 Å². The molecular weight excluding hydrogens is 567 g/mol. The summed E-state index contributed by atoms with van der Waals surface area (Å²) in [5.41, 5.74) is 0.453. The monoisotopic (exact) mass is 610 g/mol. The molecule has 2 atom stereocenters. The molecule has 1 fully saturated rings. The summed E-state index contributed by atoms with van der Waals surface area (Å²) < 4.78 is 25.6. The molecule has 0 aliphatic carbocycles. The summed E-state index contributed by atoms with van der Waals surface area (Å²) >= 11 is 0. The first-order valence-electron chi connectivity index (χ1n) is 15.3. The largest absolute Gasteiger partial charge is 0.491 e. The number of para-hydroxylation sites is 1. The molecule has 0 unspecified atom stereocenters. The normalized spacial score (nSPS) is 21.7. The first kappa shape index (κ1) is 32.9. The minimum absolute atomic E-state index is 0.000928. The average molecular weight is 611 g/mol. The SMILES string of the molecule is CC(C)C[C@@H]1NC(=O)CC[C@@H](C(=O)NCC2(c3cccc(F)c3)CCOCC2)NC(=O)c2ccccc2OCCN(C)C1=O. The van der Waals surface area contributed by atoms with Crippen molar-refractivity contribution in [1.29, 1.82) is 0 Å². The number of carbonyl (C=O) groups excluding carboxylic acids is 4. The van der Waals surface area contributed by atoms with E-state index >= 15 is 0 Å². The van der Waals surface area contributed by atoms with Crippen LogP contribution in [0.4, 0.5) is 4.39 Å². The molecule has 4 rings (SSSR count). The smallest absolute Gasteiger partial charge is 0.255 e. The Bertz CT molecular complexity index is 1330. The van der Waals surface area contributed by atoms with E-state index in [1.165, 1.54) is 17.0 Å². The van der Waals surface area contributed by atoms with Crippen molar-refractivity contribution in [2.24, 2.45) is 5.92 Å². The van der Waals surface area contributed by atoms with Gasteiger partial charge in [-0.15, -0.1) is 0 Å². The zero-order valence-corrected chi connectivity index (χ0v) is 25.7. The third-order valence-electron chi connectivity index (χ3n) is 8.30. The van der Waals surface area contributed by atoms with Gasteiger partial charge in [0.2, 0.25) is 17.7 Å². The molecular formula is C33H43FN4O6. The summed E-state index contributed by atoms with van der Waals surface area (Å²) in [4.78, 5) is 55.0. The molecule has 238 valence electrons. The Morgan fingerprint density at radius 2 is 1.82 bits per heavy atom. The van der Waals surface area contributed by atoms with Gasteiger partial charge in [0.1, 0.15) is 30.3 Å².